The molecule has 114 valence electrons. The fraction of sp³-hybridized carbons (Fsp3) is 0.467. The molecule has 0 unspecified atom stereocenters. The molecule has 0 radical (unpaired) electrons. The van der Waals surface area contributed by atoms with Crippen molar-refractivity contribution in [3.05, 3.63) is 30.1 Å². The number of nitrogens with one attached hydrogen (secondary N) is 1. The van der Waals surface area contributed by atoms with E-state index < -0.39 is 0 Å². The van der Waals surface area contributed by atoms with Crippen LogP contribution in [0.1, 0.15) is 12.6 Å². The van der Waals surface area contributed by atoms with Crippen LogP contribution in [0, 0.1) is 0 Å². The molecule has 1 amide bonds. The molecule has 0 atom stereocenters. The first-order valence-corrected chi connectivity index (χ1v) is 7.12. The molecule has 0 aromatic carbocycles. The monoisotopic (exact) mass is 289 g/mol. The maximum absolute atomic E-state index is 11.9. The van der Waals surface area contributed by atoms with Gasteiger partial charge in [0.2, 0.25) is 5.91 Å². The molecule has 6 heteroatoms. The molecule has 21 heavy (non-hydrogen) atoms. The molecule has 0 saturated carbocycles. The molecule has 1 N–H and O–H groups in total. The summed E-state index contributed by atoms with van der Waals surface area (Å²) in [5.41, 5.74) is 1.96. The van der Waals surface area contributed by atoms with Gasteiger partial charge in [-0.3, -0.25) is 4.79 Å². The zero-order chi connectivity index (χ0) is 15.4. The van der Waals surface area contributed by atoms with Crippen molar-refractivity contribution in [3.8, 4) is 0 Å². The summed E-state index contributed by atoms with van der Waals surface area (Å²) < 4.78 is 2.06. The van der Waals surface area contributed by atoms with E-state index in [1.165, 1.54) is 0 Å². The third-order valence-corrected chi connectivity index (χ3v) is 3.38. The third-order valence-electron chi connectivity index (χ3n) is 3.38. The average molecular weight is 289 g/mol. The number of likely N-dealkylation sites (N-methyl/N-ethyl adjacent to an activating group) is 2. The summed E-state index contributed by atoms with van der Waals surface area (Å²) in [6, 6.07) is 5.92. The van der Waals surface area contributed by atoms with E-state index in [0.29, 0.717) is 6.54 Å². The number of imidazole rings is 1. The largest absolute Gasteiger partial charge is 0.349 e. The molecule has 2 aromatic heterocycles. The van der Waals surface area contributed by atoms with Crippen LogP contribution in [0.15, 0.2) is 24.4 Å². The van der Waals surface area contributed by atoms with Gasteiger partial charge in [0.05, 0.1) is 12.2 Å². The minimum Gasteiger partial charge on any atom is -0.349 e. The molecule has 0 spiro atoms. The molecule has 0 saturated heterocycles. The Morgan fingerprint density at radius 1 is 1.33 bits per heavy atom. The highest BCUT2D eigenvalue weighted by molar-refractivity contribution is 5.81. The number of rotatable bonds is 6. The maximum atomic E-state index is 11.9. The number of nitrogens with zero attached hydrogens (tertiary/aromatic N) is 4. The molecule has 0 fully saturated rings. The summed E-state index contributed by atoms with van der Waals surface area (Å²) in [6.45, 7) is 4.00. The van der Waals surface area contributed by atoms with Crippen molar-refractivity contribution in [2.45, 2.75) is 13.5 Å². The van der Waals surface area contributed by atoms with Crippen LogP contribution < -0.4 is 10.2 Å². The van der Waals surface area contributed by atoms with E-state index in [4.69, 9.17) is 0 Å². The Bertz CT molecular complexity index is 620. The van der Waals surface area contributed by atoms with Crippen LogP contribution in [0.2, 0.25) is 0 Å². The topological polar surface area (TPSA) is 52.9 Å². The summed E-state index contributed by atoms with van der Waals surface area (Å²) in [5.74, 6) is 0.904. The van der Waals surface area contributed by atoms with Crippen LogP contribution in [-0.4, -0.2) is 54.4 Å². The minimum absolute atomic E-state index is 0.0592. The number of fused-ring (bicyclic) bond motifs is 1. The zero-order valence-corrected chi connectivity index (χ0v) is 13.1. The van der Waals surface area contributed by atoms with Crippen molar-refractivity contribution in [2.75, 3.05) is 39.1 Å². The normalized spacial score (nSPS) is 10.9. The van der Waals surface area contributed by atoms with Gasteiger partial charge >= 0.3 is 0 Å². The molecule has 2 aromatic rings. The molecule has 0 aliphatic heterocycles. The second kappa shape index (κ2) is 6.58. The van der Waals surface area contributed by atoms with Crippen molar-refractivity contribution >= 4 is 17.4 Å². The van der Waals surface area contributed by atoms with Gasteiger partial charge < -0.3 is 19.5 Å². The maximum Gasteiger partial charge on any atom is 0.241 e. The zero-order valence-electron chi connectivity index (χ0n) is 13.1. The van der Waals surface area contributed by atoms with Crippen LogP contribution >= 0.6 is 0 Å². The Morgan fingerprint density at radius 3 is 2.76 bits per heavy atom. The van der Waals surface area contributed by atoms with Crippen LogP contribution in [0.3, 0.4) is 0 Å². The highest BCUT2D eigenvalue weighted by Gasteiger charge is 2.17. The van der Waals surface area contributed by atoms with Crippen LogP contribution in [-0.2, 0) is 11.3 Å². The molecular formula is C15H23N5O. The first kappa shape index (κ1) is 15.3. The lowest BCUT2D eigenvalue weighted by Gasteiger charge is -2.20. The van der Waals surface area contributed by atoms with E-state index in [1.807, 2.05) is 36.3 Å². The lowest BCUT2D eigenvalue weighted by Crippen LogP contribution is -2.35. The number of anilines is 1. The van der Waals surface area contributed by atoms with Gasteiger partial charge in [0.1, 0.15) is 5.65 Å². The number of carbonyl (C=O) groups excluding carboxylic acids is 1. The van der Waals surface area contributed by atoms with Crippen LogP contribution in [0.25, 0.3) is 5.65 Å². The van der Waals surface area contributed by atoms with E-state index in [0.717, 1.165) is 30.2 Å². The van der Waals surface area contributed by atoms with E-state index in [2.05, 4.69) is 21.6 Å². The summed E-state index contributed by atoms with van der Waals surface area (Å²) in [7, 11) is 5.43. The first-order valence-electron chi connectivity index (χ1n) is 7.12. The molecule has 0 aliphatic rings. The second-order valence-electron chi connectivity index (χ2n) is 5.24. The Kier molecular flexibility index (Phi) is 4.80. The molecule has 0 bridgehead atoms. The highest BCUT2D eigenvalue weighted by atomic mass is 16.2. The number of hydrogen-bond donors (Lipinski definition) is 1. The van der Waals surface area contributed by atoms with Crippen molar-refractivity contribution < 1.29 is 4.79 Å². The summed E-state index contributed by atoms with van der Waals surface area (Å²) in [6.07, 6.45) is 2.00. The Morgan fingerprint density at radius 2 is 2.10 bits per heavy atom. The SMILES string of the molecule is CCNCc1c(N(C)CC(=O)N(C)C)nc2ccccn12. The Balaban J connectivity index is 2.34. The van der Waals surface area contributed by atoms with Crippen molar-refractivity contribution in [1.29, 1.82) is 0 Å². The number of hydrogen-bond acceptors (Lipinski definition) is 4. The Labute approximate surface area is 125 Å². The smallest absolute Gasteiger partial charge is 0.241 e. The summed E-state index contributed by atoms with van der Waals surface area (Å²) in [4.78, 5) is 20.1. The van der Waals surface area contributed by atoms with Gasteiger partial charge in [-0.25, -0.2) is 4.98 Å². The number of carbonyl (C=O) groups is 1. The summed E-state index contributed by atoms with van der Waals surface area (Å²) in [5, 5.41) is 3.33. The van der Waals surface area contributed by atoms with Gasteiger partial charge in [0.25, 0.3) is 0 Å². The Hall–Kier alpha value is -2.08. The second-order valence-corrected chi connectivity index (χ2v) is 5.24. The van der Waals surface area contributed by atoms with Gasteiger partial charge in [-0.05, 0) is 18.7 Å². The van der Waals surface area contributed by atoms with E-state index in [9.17, 15) is 4.79 Å². The quantitative estimate of drug-likeness (QED) is 0.861. The highest BCUT2D eigenvalue weighted by Crippen LogP contribution is 2.20. The van der Waals surface area contributed by atoms with Gasteiger partial charge in [-0.15, -0.1) is 0 Å². The number of aromatic nitrogens is 2. The van der Waals surface area contributed by atoms with Crippen LogP contribution in [0.5, 0.6) is 0 Å². The number of amides is 1. The fourth-order valence-electron chi connectivity index (χ4n) is 2.17. The minimum atomic E-state index is 0.0592. The van der Waals surface area contributed by atoms with E-state index in [-0.39, 0.29) is 5.91 Å². The molecule has 2 rings (SSSR count). The van der Waals surface area contributed by atoms with Gasteiger partial charge in [-0.1, -0.05) is 13.0 Å². The van der Waals surface area contributed by atoms with Crippen molar-refractivity contribution in [2.24, 2.45) is 0 Å². The van der Waals surface area contributed by atoms with Crippen LogP contribution in [0.4, 0.5) is 5.82 Å². The lowest BCUT2D eigenvalue weighted by molar-refractivity contribution is -0.127. The molecule has 6 nitrogen and oxygen atoms in total. The van der Waals surface area contributed by atoms with E-state index in [1.54, 1.807) is 19.0 Å². The average Bonchev–Trinajstić information content (AvgIpc) is 2.83. The van der Waals surface area contributed by atoms with Gasteiger partial charge in [-0.2, -0.15) is 0 Å². The fourth-order valence-corrected chi connectivity index (χ4v) is 2.17. The predicted octanol–water partition coefficient (Wildman–Crippen LogP) is 0.968. The predicted molar refractivity (Wildman–Crippen MR) is 84.5 cm³/mol. The standard InChI is InChI=1S/C15H23N5O/c1-5-16-10-12-15(19(4)11-14(21)18(2)3)17-13-8-6-7-9-20(12)13/h6-9,16H,5,10-11H2,1-4H3. The van der Waals surface area contributed by atoms with Crippen molar-refractivity contribution in [1.82, 2.24) is 19.6 Å². The lowest BCUT2D eigenvalue weighted by atomic mass is 10.3. The first-order chi connectivity index (χ1) is 10.0. The van der Waals surface area contributed by atoms with Gasteiger partial charge in [0.15, 0.2) is 5.82 Å². The summed E-state index contributed by atoms with van der Waals surface area (Å²) >= 11 is 0. The number of pyridine rings is 1. The third kappa shape index (κ3) is 3.33. The van der Waals surface area contributed by atoms with E-state index >= 15 is 0 Å². The van der Waals surface area contributed by atoms with Crippen molar-refractivity contribution in [3.63, 3.8) is 0 Å². The molecule has 2 heterocycles. The van der Waals surface area contributed by atoms with Gasteiger partial charge in [0, 0.05) is 33.9 Å². The molecular weight excluding hydrogens is 266 g/mol. The molecule has 0 aliphatic carbocycles.